The molecule has 0 aromatic heterocycles. The quantitative estimate of drug-likeness (QED) is 0.778. The minimum atomic E-state index is -0.328. The first-order valence-corrected chi connectivity index (χ1v) is 6.09. The molecule has 0 heterocycles. The molecule has 0 spiro atoms. The fourth-order valence-electron chi connectivity index (χ4n) is 1.57. The highest BCUT2D eigenvalue weighted by Crippen LogP contribution is 2.18. The molecule has 3 nitrogen and oxygen atoms in total. The predicted molar refractivity (Wildman–Crippen MR) is 69.0 cm³/mol. The van der Waals surface area contributed by atoms with Crippen LogP contribution in [0.5, 0.6) is 5.75 Å². The van der Waals surface area contributed by atoms with Gasteiger partial charge >= 0.3 is 0 Å². The highest BCUT2D eigenvalue weighted by molar-refractivity contribution is 5.29. The molecule has 0 bridgehead atoms. The average molecular weight is 250 g/mol. The summed E-state index contributed by atoms with van der Waals surface area (Å²) < 4.78 is 18.7. The zero-order valence-corrected chi connectivity index (χ0v) is 11.1. The summed E-state index contributed by atoms with van der Waals surface area (Å²) in [6, 6.07) is 7.05. The molecular weight excluding hydrogens is 231 g/mol. The van der Waals surface area contributed by atoms with Crippen LogP contribution in [0.25, 0.3) is 0 Å². The third-order valence-corrected chi connectivity index (χ3v) is 2.90. The summed E-state index contributed by atoms with van der Waals surface area (Å²) in [6.45, 7) is 4.85. The van der Waals surface area contributed by atoms with Crippen molar-refractivity contribution in [2.75, 3.05) is 20.2 Å². The van der Waals surface area contributed by atoms with E-state index in [1.165, 1.54) is 6.07 Å². The molecule has 0 saturated carbocycles. The molecule has 1 rings (SSSR count). The number of ether oxygens (including phenoxy) is 1. The van der Waals surface area contributed by atoms with Gasteiger partial charge in [0.05, 0.1) is 18.7 Å². The number of hydrogen-bond donors (Lipinski definition) is 0. The van der Waals surface area contributed by atoms with E-state index < -0.39 is 0 Å². The molecule has 18 heavy (non-hydrogen) atoms. The van der Waals surface area contributed by atoms with Crippen molar-refractivity contribution in [2.45, 2.75) is 26.3 Å². The Labute approximate surface area is 108 Å². The summed E-state index contributed by atoms with van der Waals surface area (Å²) >= 11 is 0. The number of rotatable bonds is 6. The standard InChI is InChI=1S/C14H19FN2O/c1-4-18-14-6-5-12(9-13(14)15)7-8-17(3)11(2)10-16/h5-6,9,11H,4,7-8H2,1-3H3. The average Bonchev–Trinajstić information content (AvgIpc) is 2.38. The predicted octanol–water partition coefficient (Wildman–Crippen LogP) is 2.61. The van der Waals surface area contributed by atoms with Crippen molar-refractivity contribution in [1.82, 2.24) is 4.90 Å². The largest absolute Gasteiger partial charge is 0.491 e. The maximum Gasteiger partial charge on any atom is 0.165 e. The molecule has 0 fully saturated rings. The number of nitriles is 1. The topological polar surface area (TPSA) is 36.3 Å². The molecule has 4 heteroatoms. The molecule has 0 radical (unpaired) electrons. The number of nitrogens with zero attached hydrogens (tertiary/aromatic N) is 2. The maximum atomic E-state index is 13.6. The van der Waals surface area contributed by atoms with Gasteiger partial charge in [0.25, 0.3) is 0 Å². The molecule has 0 aliphatic heterocycles. The van der Waals surface area contributed by atoms with E-state index >= 15 is 0 Å². The van der Waals surface area contributed by atoms with Gasteiger partial charge in [-0.15, -0.1) is 0 Å². The van der Waals surface area contributed by atoms with Gasteiger partial charge in [-0.1, -0.05) is 6.07 Å². The van der Waals surface area contributed by atoms with E-state index in [0.717, 1.165) is 12.1 Å². The van der Waals surface area contributed by atoms with Gasteiger partial charge in [0.1, 0.15) is 0 Å². The second-order valence-electron chi connectivity index (χ2n) is 4.23. The van der Waals surface area contributed by atoms with Crippen LogP contribution in [0.4, 0.5) is 4.39 Å². The van der Waals surface area contributed by atoms with Gasteiger partial charge in [-0.05, 0) is 45.0 Å². The van der Waals surface area contributed by atoms with Crippen LogP contribution in [0.3, 0.4) is 0 Å². The third-order valence-electron chi connectivity index (χ3n) is 2.90. The Bertz CT molecular complexity index is 428. The Kier molecular flexibility index (Phi) is 5.60. The SMILES string of the molecule is CCOc1ccc(CCN(C)C(C)C#N)cc1F. The lowest BCUT2D eigenvalue weighted by molar-refractivity contribution is 0.305. The summed E-state index contributed by atoms with van der Waals surface area (Å²) in [5, 5.41) is 8.77. The summed E-state index contributed by atoms with van der Waals surface area (Å²) in [4.78, 5) is 1.94. The summed E-state index contributed by atoms with van der Waals surface area (Å²) in [6.07, 6.45) is 0.714. The fourth-order valence-corrected chi connectivity index (χ4v) is 1.57. The molecule has 1 atom stereocenters. The van der Waals surface area contributed by atoms with Crippen LogP contribution in [-0.4, -0.2) is 31.1 Å². The van der Waals surface area contributed by atoms with Gasteiger partial charge in [-0.25, -0.2) is 4.39 Å². The Morgan fingerprint density at radius 2 is 2.22 bits per heavy atom. The van der Waals surface area contributed by atoms with E-state index in [1.807, 2.05) is 31.9 Å². The molecule has 0 aliphatic carbocycles. The van der Waals surface area contributed by atoms with Gasteiger partial charge in [0.15, 0.2) is 11.6 Å². The van der Waals surface area contributed by atoms with Crippen molar-refractivity contribution in [3.8, 4) is 11.8 Å². The van der Waals surface area contributed by atoms with Crippen LogP contribution >= 0.6 is 0 Å². The van der Waals surface area contributed by atoms with Gasteiger partial charge < -0.3 is 4.74 Å². The van der Waals surface area contributed by atoms with E-state index in [2.05, 4.69) is 6.07 Å². The Morgan fingerprint density at radius 3 is 2.78 bits per heavy atom. The van der Waals surface area contributed by atoms with E-state index in [-0.39, 0.29) is 11.9 Å². The first kappa shape index (κ1) is 14.5. The molecule has 98 valence electrons. The zero-order valence-electron chi connectivity index (χ0n) is 11.1. The van der Waals surface area contributed by atoms with Gasteiger partial charge in [0, 0.05) is 6.54 Å². The Hall–Kier alpha value is -1.60. The minimum absolute atomic E-state index is 0.127. The first-order chi connectivity index (χ1) is 8.58. The van der Waals surface area contributed by atoms with Crippen molar-refractivity contribution in [3.63, 3.8) is 0 Å². The Balaban J connectivity index is 2.59. The van der Waals surface area contributed by atoms with Crippen LogP contribution in [0.15, 0.2) is 18.2 Å². The van der Waals surface area contributed by atoms with E-state index in [9.17, 15) is 4.39 Å². The second-order valence-corrected chi connectivity index (χ2v) is 4.23. The maximum absolute atomic E-state index is 13.6. The van der Waals surface area contributed by atoms with Gasteiger partial charge in [0.2, 0.25) is 0 Å². The molecule has 0 saturated heterocycles. The summed E-state index contributed by atoms with van der Waals surface area (Å²) in [5.41, 5.74) is 0.910. The highest BCUT2D eigenvalue weighted by Gasteiger charge is 2.09. The molecular formula is C14H19FN2O. The summed E-state index contributed by atoms with van der Waals surface area (Å²) in [5.74, 6) is -0.0367. The van der Waals surface area contributed by atoms with E-state index in [0.29, 0.717) is 18.8 Å². The monoisotopic (exact) mass is 250 g/mol. The van der Waals surface area contributed by atoms with Crippen molar-refractivity contribution in [3.05, 3.63) is 29.6 Å². The van der Waals surface area contributed by atoms with Crippen LogP contribution in [0.2, 0.25) is 0 Å². The van der Waals surface area contributed by atoms with Gasteiger partial charge in [-0.3, -0.25) is 4.90 Å². The van der Waals surface area contributed by atoms with Crippen molar-refractivity contribution in [1.29, 1.82) is 5.26 Å². The molecule has 1 aromatic carbocycles. The number of benzene rings is 1. The smallest absolute Gasteiger partial charge is 0.165 e. The zero-order chi connectivity index (χ0) is 13.5. The first-order valence-electron chi connectivity index (χ1n) is 6.09. The number of halogens is 1. The van der Waals surface area contributed by atoms with Crippen molar-refractivity contribution >= 4 is 0 Å². The lowest BCUT2D eigenvalue weighted by Crippen LogP contribution is -2.29. The van der Waals surface area contributed by atoms with E-state index in [4.69, 9.17) is 10.00 Å². The molecule has 1 unspecified atom stereocenters. The van der Waals surface area contributed by atoms with Crippen molar-refractivity contribution in [2.24, 2.45) is 0 Å². The van der Waals surface area contributed by atoms with E-state index in [1.54, 1.807) is 6.07 Å². The van der Waals surface area contributed by atoms with Crippen LogP contribution in [0, 0.1) is 17.1 Å². The number of likely N-dealkylation sites (N-methyl/N-ethyl adjacent to an activating group) is 1. The molecule has 0 N–H and O–H groups in total. The lowest BCUT2D eigenvalue weighted by atomic mass is 10.1. The molecule has 0 aliphatic rings. The van der Waals surface area contributed by atoms with Crippen molar-refractivity contribution < 1.29 is 9.13 Å². The van der Waals surface area contributed by atoms with Crippen LogP contribution in [-0.2, 0) is 6.42 Å². The fraction of sp³-hybridized carbons (Fsp3) is 0.500. The summed E-state index contributed by atoms with van der Waals surface area (Å²) in [7, 11) is 1.89. The molecule has 1 aromatic rings. The van der Waals surface area contributed by atoms with Crippen LogP contribution in [0.1, 0.15) is 19.4 Å². The van der Waals surface area contributed by atoms with Crippen LogP contribution < -0.4 is 4.74 Å². The minimum Gasteiger partial charge on any atom is -0.491 e. The molecule has 0 amide bonds. The number of hydrogen-bond acceptors (Lipinski definition) is 3. The third kappa shape index (κ3) is 4.01. The Morgan fingerprint density at radius 1 is 1.50 bits per heavy atom. The normalized spacial score (nSPS) is 12.2. The second kappa shape index (κ2) is 6.97. The van der Waals surface area contributed by atoms with Gasteiger partial charge in [-0.2, -0.15) is 5.26 Å². The lowest BCUT2D eigenvalue weighted by Gasteiger charge is -2.18. The highest BCUT2D eigenvalue weighted by atomic mass is 19.1.